The summed E-state index contributed by atoms with van der Waals surface area (Å²) >= 11 is 9.56. The summed E-state index contributed by atoms with van der Waals surface area (Å²) in [5.41, 5.74) is 1.16. The van der Waals surface area contributed by atoms with E-state index >= 15 is 0 Å². The molecule has 98 valence electrons. The monoisotopic (exact) mass is 301 g/mol. The first kappa shape index (κ1) is 14.1. The van der Waals surface area contributed by atoms with Crippen molar-refractivity contribution in [3.63, 3.8) is 0 Å². The molecular formula is C13H16ClNOS2. The maximum atomic E-state index is 11.8. The minimum absolute atomic E-state index is 0.120. The fourth-order valence-electron chi connectivity index (χ4n) is 1.98. The molecule has 1 aliphatic rings. The van der Waals surface area contributed by atoms with E-state index in [1.165, 1.54) is 4.90 Å². The molecule has 1 amide bonds. The fourth-order valence-corrected chi connectivity index (χ4v) is 3.65. The number of halogens is 1. The molecule has 1 atom stereocenters. The van der Waals surface area contributed by atoms with Crippen LogP contribution in [0.2, 0.25) is 5.02 Å². The van der Waals surface area contributed by atoms with E-state index in [0.29, 0.717) is 6.42 Å². The Labute approximate surface area is 121 Å². The van der Waals surface area contributed by atoms with Gasteiger partial charge in [0.1, 0.15) is 0 Å². The van der Waals surface area contributed by atoms with Gasteiger partial charge in [-0.15, -0.1) is 11.8 Å². The molecule has 2 rings (SSSR count). The zero-order chi connectivity index (χ0) is 13.0. The highest BCUT2D eigenvalue weighted by molar-refractivity contribution is 7.99. The van der Waals surface area contributed by atoms with Crippen LogP contribution in [0.15, 0.2) is 23.1 Å². The number of hydrogen-bond acceptors (Lipinski definition) is 3. The first-order chi connectivity index (χ1) is 8.70. The molecule has 1 aromatic rings. The molecule has 0 aliphatic carbocycles. The Bertz CT molecular complexity index is 439. The lowest BCUT2D eigenvalue weighted by Crippen LogP contribution is -2.30. The normalized spacial score (nSPS) is 18.2. The van der Waals surface area contributed by atoms with Crippen LogP contribution < -0.4 is 5.32 Å². The zero-order valence-corrected chi connectivity index (χ0v) is 12.6. The number of nitrogens with one attached hydrogen (secondary N) is 1. The summed E-state index contributed by atoms with van der Waals surface area (Å²) in [6.07, 6.45) is 3.57. The summed E-state index contributed by atoms with van der Waals surface area (Å²) in [5, 5.41) is 3.85. The Morgan fingerprint density at radius 1 is 1.61 bits per heavy atom. The average molecular weight is 302 g/mol. The van der Waals surface area contributed by atoms with E-state index in [1.807, 2.05) is 36.2 Å². The number of carbonyl (C=O) groups excluding carboxylic acids is 1. The van der Waals surface area contributed by atoms with Gasteiger partial charge in [-0.3, -0.25) is 4.79 Å². The van der Waals surface area contributed by atoms with Crippen LogP contribution in [0.5, 0.6) is 0 Å². The van der Waals surface area contributed by atoms with E-state index in [1.54, 1.807) is 11.8 Å². The maximum Gasteiger partial charge on any atom is 0.221 e. The summed E-state index contributed by atoms with van der Waals surface area (Å²) in [7, 11) is 0. The van der Waals surface area contributed by atoms with Crippen LogP contribution in [-0.4, -0.2) is 23.7 Å². The van der Waals surface area contributed by atoms with Gasteiger partial charge in [-0.2, -0.15) is 11.8 Å². The predicted octanol–water partition coefficient (Wildman–Crippen LogP) is 3.75. The molecule has 1 aromatic carbocycles. The summed E-state index contributed by atoms with van der Waals surface area (Å²) in [6, 6.07) is 6.05. The molecule has 0 radical (unpaired) electrons. The van der Waals surface area contributed by atoms with Crippen LogP contribution in [-0.2, 0) is 4.79 Å². The average Bonchev–Trinajstić information content (AvgIpc) is 2.37. The van der Waals surface area contributed by atoms with Crippen molar-refractivity contribution in [3.05, 3.63) is 28.8 Å². The molecule has 0 saturated carbocycles. The van der Waals surface area contributed by atoms with Crippen LogP contribution >= 0.6 is 35.1 Å². The summed E-state index contributed by atoms with van der Waals surface area (Å²) in [5.74, 6) is 2.05. The maximum absolute atomic E-state index is 11.8. The van der Waals surface area contributed by atoms with Crippen molar-refractivity contribution in [2.75, 3.05) is 17.8 Å². The van der Waals surface area contributed by atoms with E-state index in [2.05, 4.69) is 5.32 Å². The highest BCUT2D eigenvalue weighted by atomic mass is 35.5. The smallest absolute Gasteiger partial charge is 0.221 e. The van der Waals surface area contributed by atoms with Gasteiger partial charge >= 0.3 is 0 Å². The minimum atomic E-state index is 0.120. The van der Waals surface area contributed by atoms with Gasteiger partial charge in [-0.1, -0.05) is 11.6 Å². The lowest BCUT2D eigenvalue weighted by molar-refractivity contribution is -0.121. The Hall–Kier alpha value is -0.320. The van der Waals surface area contributed by atoms with Gasteiger partial charge in [0, 0.05) is 27.8 Å². The number of amides is 1. The van der Waals surface area contributed by atoms with Gasteiger partial charge in [0.2, 0.25) is 5.91 Å². The third kappa shape index (κ3) is 3.59. The predicted molar refractivity (Wildman–Crippen MR) is 80.7 cm³/mol. The van der Waals surface area contributed by atoms with E-state index in [-0.39, 0.29) is 11.9 Å². The molecule has 0 bridgehead atoms. The van der Waals surface area contributed by atoms with E-state index in [4.69, 9.17) is 11.6 Å². The van der Waals surface area contributed by atoms with Gasteiger partial charge < -0.3 is 5.32 Å². The van der Waals surface area contributed by atoms with Gasteiger partial charge in [0.15, 0.2) is 0 Å². The van der Waals surface area contributed by atoms with Crippen molar-refractivity contribution >= 4 is 41.0 Å². The summed E-state index contributed by atoms with van der Waals surface area (Å²) in [4.78, 5) is 13.0. The fraction of sp³-hybridized carbons (Fsp3) is 0.462. The van der Waals surface area contributed by atoms with Crippen molar-refractivity contribution in [2.45, 2.75) is 23.8 Å². The zero-order valence-electron chi connectivity index (χ0n) is 10.2. The van der Waals surface area contributed by atoms with E-state index < -0.39 is 0 Å². The molecule has 18 heavy (non-hydrogen) atoms. The standard InChI is InChI=1S/C13H16ClNOS2/c1-17-6-5-13(16)15-11-4-7-18-12-3-2-9(14)8-10(11)12/h2-3,8,11H,4-7H2,1H3,(H,15,16). The minimum Gasteiger partial charge on any atom is -0.349 e. The second kappa shape index (κ2) is 6.73. The third-order valence-corrected chi connectivity index (χ3v) is 4.85. The number of carbonyl (C=O) groups is 1. The van der Waals surface area contributed by atoms with E-state index in [0.717, 1.165) is 28.5 Å². The molecule has 1 N–H and O–H groups in total. The first-order valence-corrected chi connectivity index (χ1v) is 8.67. The van der Waals surface area contributed by atoms with Crippen molar-refractivity contribution in [3.8, 4) is 0 Å². The number of fused-ring (bicyclic) bond motifs is 1. The summed E-state index contributed by atoms with van der Waals surface area (Å²) < 4.78 is 0. The van der Waals surface area contributed by atoms with Gasteiger partial charge in [0.25, 0.3) is 0 Å². The Kier molecular flexibility index (Phi) is 5.27. The highest BCUT2D eigenvalue weighted by Gasteiger charge is 2.22. The van der Waals surface area contributed by atoms with Crippen molar-refractivity contribution in [1.82, 2.24) is 5.32 Å². The van der Waals surface area contributed by atoms with Crippen LogP contribution in [0.25, 0.3) is 0 Å². The van der Waals surface area contributed by atoms with Crippen LogP contribution in [0.1, 0.15) is 24.4 Å². The van der Waals surface area contributed by atoms with Gasteiger partial charge in [-0.25, -0.2) is 0 Å². The first-order valence-electron chi connectivity index (χ1n) is 5.91. The molecule has 2 nitrogen and oxygen atoms in total. The lowest BCUT2D eigenvalue weighted by Gasteiger charge is -2.26. The molecule has 0 spiro atoms. The number of thioether (sulfide) groups is 2. The molecule has 0 fully saturated rings. The Morgan fingerprint density at radius 3 is 3.22 bits per heavy atom. The van der Waals surface area contributed by atoms with E-state index in [9.17, 15) is 4.79 Å². The molecule has 0 aromatic heterocycles. The molecule has 1 heterocycles. The van der Waals surface area contributed by atoms with Gasteiger partial charge in [0.05, 0.1) is 6.04 Å². The number of benzene rings is 1. The molecule has 1 unspecified atom stereocenters. The molecule has 1 aliphatic heterocycles. The largest absolute Gasteiger partial charge is 0.349 e. The second-order valence-electron chi connectivity index (χ2n) is 4.18. The third-order valence-electron chi connectivity index (χ3n) is 2.88. The summed E-state index contributed by atoms with van der Waals surface area (Å²) in [6.45, 7) is 0. The molecule has 0 saturated heterocycles. The Balaban J connectivity index is 2.07. The van der Waals surface area contributed by atoms with Crippen LogP contribution in [0.4, 0.5) is 0 Å². The topological polar surface area (TPSA) is 29.1 Å². The van der Waals surface area contributed by atoms with Crippen molar-refractivity contribution in [1.29, 1.82) is 0 Å². The van der Waals surface area contributed by atoms with Crippen LogP contribution in [0, 0.1) is 0 Å². The molecule has 5 heteroatoms. The van der Waals surface area contributed by atoms with Gasteiger partial charge in [-0.05, 0) is 36.4 Å². The van der Waals surface area contributed by atoms with Crippen LogP contribution in [0.3, 0.4) is 0 Å². The number of hydrogen-bond donors (Lipinski definition) is 1. The second-order valence-corrected chi connectivity index (χ2v) is 6.74. The highest BCUT2D eigenvalue weighted by Crippen LogP contribution is 2.37. The van der Waals surface area contributed by atoms with Crippen molar-refractivity contribution < 1.29 is 4.79 Å². The molecular weight excluding hydrogens is 286 g/mol. The quantitative estimate of drug-likeness (QED) is 0.918. The lowest BCUT2D eigenvalue weighted by atomic mass is 10.0. The van der Waals surface area contributed by atoms with Crippen molar-refractivity contribution in [2.24, 2.45) is 0 Å². The number of rotatable bonds is 4. The SMILES string of the molecule is CSCCC(=O)NC1CCSc2ccc(Cl)cc21. The Morgan fingerprint density at radius 2 is 2.44 bits per heavy atom.